The molecule has 1 aromatic rings. The van der Waals surface area contributed by atoms with Crippen molar-refractivity contribution in [3.63, 3.8) is 0 Å². The topological polar surface area (TPSA) is 52.6 Å². The molecule has 1 rings (SSSR count). The predicted molar refractivity (Wildman–Crippen MR) is 79.8 cm³/mol. The summed E-state index contributed by atoms with van der Waals surface area (Å²) in [5, 5.41) is 11.9. The van der Waals surface area contributed by atoms with Crippen LogP contribution in [0.2, 0.25) is 0 Å². The number of aliphatic hydroxyl groups is 1. The monoisotopic (exact) mass is 264 g/mol. The Balaban J connectivity index is 3.10. The Bertz CT molecular complexity index is 444. The maximum absolute atomic E-state index is 11.3. The number of hydrogen-bond donors (Lipinski definition) is 2. The number of aryl methyl sites for hydroxylation is 1. The van der Waals surface area contributed by atoms with Crippen LogP contribution in [0.4, 0.5) is 11.4 Å². The molecule has 0 radical (unpaired) electrons. The molecule has 19 heavy (non-hydrogen) atoms. The van der Waals surface area contributed by atoms with Crippen molar-refractivity contribution in [3.8, 4) is 0 Å². The second-order valence-corrected chi connectivity index (χ2v) is 4.74. The van der Waals surface area contributed by atoms with Crippen LogP contribution in [0.3, 0.4) is 0 Å². The zero-order valence-electron chi connectivity index (χ0n) is 12.3. The summed E-state index contributed by atoms with van der Waals surface area (Å²) in [5.74, 6) is -0.0539. The van der Waals surface area contributed by atoms with E-state index in [9.17, 15) is 4.79 Å². The van der Waals surface area contributed by atoms with Crippen LogP contribution >= 0.6 is 0 Å². The van der Waals surface area contributed by atoms with E-state index in [4.69, 9.17) is 5.11 Å². The first-order valence-electron chi connectivity index (χ1n) is 6.74. The van der Waals surface area contributed by atoms with Gasteiger partial charge in [-0.25, -0.2) is 0 Å². The molecule has 0 fully saturated rings. The molecule has 0 bridgehead atoms. The second kappa shape index (κ2) is 7.14. The van der Waals surface area contributed by atoms with E-state index in [0.29, 0.717) is 0 Å². The van der Waals surface area contributed by atoms with Gasteiger partial charge in [0.2, 0.25) is 5.91 Å². The summed E-state index contributed by atoms with van der Waals surface area (Å²) in [6, 6.07) is 4.10. The largest absolute Gasteiger partial charge is 0.396 e. The third-order valence-corrected chi connectivity index (χ3v) is 3.25. The predicted octanol–water partition coefficient (Wildman–Crippen LogP) is 2.47. The number of nitrogens with zero attached hydrogens (tertiary/aromatic N) is 1. The minimum absolute atomic E-state index is 0.0539. The summed E-state index contributed by atoms with van der Waals surface area (Å²) in [5.41, 5.74) is 4.15. The number of carbonyl (C=O) groups excluding carboxylic acids is 1. The zero-order chi connectivity index (χ0) is 14.4. The number of aliphatic hydroxyl groups excluding tert-OH is 1. The fraction of sp³-hybridized carbons (Fsp3) is 0.533. The molecule has 0 heterocycles. The van der Waals surface area contributed by atoms with Gasteiger partial charge in [-0.3, -0.25) is 4.79 Å². The Labute approximate surface area is 115 Å². The minimum atomic E-state index is -0.0539. The first-order valence-corrected chi connectivity index (χ1v) is 6.74. The Hall–Kier alpha value is -1.55. The van der Waals surface area contributed by atoms with Crippen molar-refractivity contribution < 1.29 is 9.90 Å². The van der Waals surface area contributed by atoms with Crippen molar-refractivity contribution in [2.24, 2.45) is 0 Å². The summed E-state index contributed by atoms with van der Waals surface area (Å²) in [7, 11) is 0. The Morgan fingerprint density at radius 3 is 2.58 bits per heavy atom. The van der Waals surface area contributed by atoms with E-state index in [-0.39, 0.29) is 12.5 Å². The normalized spacial score (nSPS) is 10.4. The maximum atomic E-state index is 11.3. The van der Waals surface area contributed by atoms with Crippen LogP contribution in [-0.2, 0) is 4.79 Å². The van der Waals surface area contributed by atoms with Gasteiger partial charge in [0, 0.05) is 38.0 Å². The van der Waals surface area contributed by atoms with Gasteiger partial charge >= 0.3 is 0 Å². The molecule has 0 atom stereocenters. The first kappa shape index (κ1) is 15.5. The fourth-order valence-corrected chi connectivity index (χ4v) is 2.26. The van der Waals surface area contributed by atoms with Gasteiger partial charge in [-0.1, -0.05) is 6.07 Å². The third-order valence-electron chi connectivity index (χ3n) is 3.25. The van der Waals surface area contributed by atoms with Gasteiger partial charge in [0.25, 0.3) is 0 Å². The van der Waals surface area contributed by atoms with Crippen molar-refractivity contribution >= 4 is 17.3 Å². The van der Waals surface area contributed by atoms with Gasteiger partial charge in [0.1, 0.15) is 0 Å². The average molecular weight is 264 g/mol. The van der Waals surface area contributed by atoms with Gasteiger partial charge in [0.15, 0.2) is 0 Å². The molecule has 1 aromatic carbocycles. The molecule has 1 amide bonds. The van der Waals surface area contributed by atoms with Crippen LogP contribution < -0.4 is 10.2 Å². The van der Waals surface area contributed by atoms with E-state index < -0.39 is 0 Å². The quantitative estimate of drug-likeness (QED) is 0.830. The van der Waals surface area contributed by atoms with Crippen molar-refractivity contribution in [3.05, 3.63) is 23.3 Å². The number of nitrogens with one attached hydrogen (secondary N) is 1. The van der Waals surface area contributed by atoms with Gasteiger partial charge in [-0.15, -0.1) is 0 Å². The summed E-state index contributed by atoms with van der Waals surface area (Å²) >= 11 is 0. The lowest BCUT2D eigenvalue weighted by molar-refractivity contribution is -0.114. The SMILES string of the molecule is CCN(CCCO)c1ccc(C)c(NC(C)=O)c1C. The minimum Gasteiger partial charge on any atom is -0.396 e. The first-order chi connectivity index (χ1) is 9.01. The Morgan fingerprint density at radius 1 is 1.37 bits per heavy atom. The molecule has 0 unspecified atom stereocenters. The number of benzene rings is 1. The molecule has 0 aliphatic carbocycles. The molecule has 0 saturated heterocycles. The number of amides is 1. The summed E-state index contributed by atoms with van der Waals surface area (Å²) in [4.78, 5) is 13.5. The highest BCUT2D eigenvalue weighted by molar-refractivity contribution is 5.91. The van der Waals surface area contributed by atoms with Gasteiger partial charge in [-0.05, 0) is 44.4 Å². The highest BCUT2D eigenvalue weighted by Crippen LogP contribution is 2.30. The molecule has 4 heteroatoms. The Kier molecular flexibility index (Phi) is 5.83. The lowest BCUT2D eigenvalue weighted by Gasteiger charge is -2.26. The molecule has 2 N–H and O–H groups in total. The standard InChI is InChI=1S/C15H24N2O2/c1-5-17(9-6-10-18)14-8-7-11(2)15(12(14)3)16-13(4)19/h7-8,18H,5-6,9-10H2,1-4H3,(H,16,19). The highest BCUT2D eigenvalue weighted by atomic mass is 16.3. The molecule has 106 valence electrons. The van der Waals surface area contributed by atoms with E-state index in [2.05, 4.69) is 23.2 Å². The zero-order valence-corrected chi connectivity index (χ0v) is 12.3. The van der Waals surface area contributed by atoms with Gasteiger partial charge < -0.3 is 15.3 Å². The van der Waals surface area contributed by atoms with Crippen LogP contribution in [0.5, 0.6) is 0 Å². The lowest BCUT2D eigenvalue weighted by Crippen LogP contribution is -2.26. The second-order valence-electron chi connectivity index (χ2n) is 4.74. The van der Waals surface area contributed by atoms with Crippen molar-refractivity contribution in [2.75, 3.05) is 29.9 Å². The van der Waals surface area contributed by atoms with Crippen LogP contribution in [0, 0.1) is 13.8 Å². The molecular formula is C15H24N2O2. The van der Waals surface area contributed by atoms with Gasteiger partial charge in [0.05, 0.1) is 0 Å². The molecule has 0 spiro atoms. The van der Waals surface area contributed by atoms with E-state index in [0.717, 1.165) is 42.0 Å². The number of anilines is 2. The molecule has 0 aliphatic heterocycles. The fourth-order valence-electron chi connectivity index (χ4n) is 2.26. The van der Waals surface area contributed by atoms with E-state index in [1.165, 1.54) is 6.92 Å². The van der Waals surface area contributed by atoms with Gasteiger partial charge in [-0.2, -0.15) is 0 Å². The molecular weight excluding hydrogens is 240 g/mol. The number of hydrogen-bond acceptors (Lipinski definition) is 3. The summed E-state index contributed by atoms with van der Waals surface area (Å²) in [6.07, 6.45) is 0.747. The highest BCUT2D eigenvalue weighted by Gasteiger charge is 2.13. The maximum Gasteiger partial charge on any atom is 0.221 e. The van der Waals surface area contributed by atoms with Crippen LogP contribution in [0.1, 0.15) is 31.4 Å². The molecule has 0 saturated carbocycles. The van der Waals surface area contributed by atoms with E-state index in [1.807, 2.05) is 19.9 Å². The van der Waals surface area contributed by atoms with E-state index in [1.54, 1.807) is 0 Å². The van der Waals surface area contributed by atoms with Crippen LogP contribution in [0.15, 0.2) is 12.1 Å². The molecule has 0 aromatic heterocycles. The van der Waals surface area contributed by atoms with Crippen molar-refractivity contribution in [1.82, 2.24) is 0 Å². The third kappa shape index (κ3) is 3.96. The molecule has 0 aliphatic rings. The van der Waals surface area contributed by atoms with Crippen molar-refractivity contribution in [2.45, 2.75) is 34.1 Å². The smallest absolute Gasteiger partial charge is 0.221 e. The Morgan fingerprint density at radius 2 is 2.05 bits per heavy atom. The summed E-state index contributed by atoms with van der Waals surface area (Å²) < 4.78 is 0. The summed E-state index contributed by atoms with van der Waals surface area (Å²) in [6.45, 7) is 9.52. The molecule has 4 nitrogen and oxygen atoms in total. The number of carbonyl (C=O) groups is 1. The van der Waals surface area contributed by atoms with Crippen molar-refractivity contribution in [1.29, 1.82) is 0 Å². The van der Waals surface area contributed by atoms with Crippen LogP contribution in [-0.4, -0.2) is 30.7 Å². The average Bonchev–Trinajstić information content (AvgIpc) is 2.37. The lowest BCUT2D eigenvalue weighted by atomic mass is 10.1. The number of rotatable bonds is 6. The van der Waals surface area contributed by atoms with Crippen LogP contribution in [0.25, 0.3) is 0 Å². The van der Waals surface area contributed by atoms with E-state index >= 15 is 0 Å².